The number of rotatable bonds is 6. The number of anilines is 1. The van der Waals surface area contributed by atoms with Crippen molar-refractivity contribution in [2.24, 2.45) is 17.6 Å². The lowest BCUT2D eigenvalue weighted by atomic mass is 10.1. The highest BCUT2D eigenvalue weighted by molar-refractivity contribution is 6.33. The van der Waals surface area contributed by atoms with Gasteiger partial charge in [-0.2, -0.15) is 0 Å². The zero-order valence-corrected chi connectivity index (χ0v) is 12.5. The van der Waals surface area contributed by atoms with Crippen LogP contribution < -0.4 is 10.6 Å². The van der Waals surface area contributed by atoms with Gasteiger partial charge in [0.05, 0.1) is 5.02 Å². The average molecular weight is 270 g/mol. The first kappa shape index (κ1) is 15.3. The third-order valence-corrected chi connectivity index (χ3v) is 2.86. The first-order valence-corrected chi connectivity index (χ1v) is 6.91. The largest absolute Gasteiger partial charge is 0.355 e. The number of nitrogens with zero attached hydrogens (tertiary/aromatic N) is 2. The molecule has 18 heavy (non-hydrogen) atoms. The van der Waals surface area contributed by atoms with Crippen molar-refractivity contribution in [3.63, 3.8) is 0 Å². The predicted octanol–water partition coefficient (Wildman–Crippen LogP) is 3.31. The molecule has 0 aliphatic rings. The van der Waals surface area contributed by atoms with Gasteiger partial charge in [-0.25, -0.2) is 4.98 Å². The Hall–Kier alpha value is -0.800. The van der Waals surface area contributed by atoms with Crippen molar-refractivity contribution < 1.29 is 0 Å². The van der Waals surface area contributed by atoms with E-state index in [9.17, 15) is 0 Å². The van der Waals surface area contributed by atoms with Crippen LogP contribution in [0.2, 0.25) is 5.02 Å². The Labute approximate surface area is 115 Å². The van der Waals surface area contributed by atoms with Crippen LogP contribution in [0.3, 0.4) is 0 Å². The van der Waals surface area contributed by atoms with Gasteiger partial charge >= 0.3 is 0 Å². The lowest BCUT2D eigenvalue weighted by Gasteiger charge is -2.28. The number of halogens is 1. The minimum Gasteiger partial charge on any atom is -0.355 e. The predicted molar refractivity (Wildman–Crippen MR) is 79.0 cm³/mol. The van der Waals surface area contributed by atoms with E-state index in [-0.39, 0.29) is 0 Å². The molecule has 0 bridgehead atoms. The molecule has 102 valence electrons. The molecular weight excluding hydrogens is 246 g/mol. The van der Waals surface area contributed by atoms with E-state index in [2.05, 4.69) is 37.6 Å². The van der Waals surface area contributed by atoms with Crippen LogP contribution in [0, 0.1) is 11.8 Å². The molecule has 0 aliphatic heterocycles. The fraction of sp³-hybridized carbons (Fsp3) is 0.643. The van der Waals surface area contributed by atoms with Crippen LogP contribution in [0.4, 0.5) is 5.82 Å². The van der Waals surface area contributed by atoms with Crippen LogP contribution in [0.5, 0.6) is 0 Å². The van der Waals surface area contributed by atoms with Gasteiger partial charge in [0.15, 0.2) is 0 Å². The summed E-state index contributed by atoms with van der Waals surface area (Å²) in [6.07, 6.45) is 1.81. The molecule has 0 saturated carbocycles. The highest BCUT2D eigenvalue weighted by Crippen LogP contribution is 2.25. The monoisotopic (exact) mass is 269 g/mol. The molecule has 0 unspecified atom stereocenters. The average Bonchev–Trinajstić information content (AvgIpc) is 2.26. The third kappa shape index (κ3) is 4.46. The van der Waals surface area contributed by atoms with Gasteiger partial charge in [0.2, 0.25) is 0 Å². The molecule has 1 aromatic heterocycles. The normalized spacial score (nSPS) is 11.3. The summed E-state index contributed by atoms with van der Waals surface area (Å²) in [6.45, 7) is 11.2. The number of aromatic nitrogens is 1. The van der Waals surface area contributed by atoms with E-state index in [4.69, 9.17) is 17.3 Å². The molecule has 1 heterocycles. The van der Waals surface area contributed by atoms with Crippen LogP contribution >= 0.6 is 11.6 Å². The lowest BCUT2D eigenvalue weighted by molar-refractivity contribution is 0.549. The van der Waals surface area contributed by atoms with E-state index in [0.29, 0.717) is 23.4 Å². The summed E-state index contributed by atoms with van der Waals surface area (Å²) < 4.78 is 0. The summed E-state index contributed by atoms with van der Waals surface area (Å²) >= 11 is 6.31. The highest BCUT2D eigenvalue weighted by atomic mass is 35.5. The van der Waals surface area contributed by atoms with Crippen LogP contribution in [-0.4, -0.2) is 18.1 Å². The topological polar surface area (TPSA) is 42.2 Å². The molecule has 0 atom stereocenters. The molecule has 1 aromatic rings. The Balaban J connectivity index is 2.96. The van der Waals surface area contributed by atoms with Crippen LogP contribution in [0.25, 0.3) is 0 Å². The fourth-order valence-corrected chi connectivity index (χ4v) is 2.25. The Morgan fingerprint density at radius 2 is 1.78 bits per heavy atom. The zero-order valence-electron chi connectivity index (χ0n) is 11.8. The van der Waals surface area contributed by atoms with Gasteiger partial charge in [-0.05, 0) is 23.5 Å². The number of pyridine rings is 1. The van der Waals surface area contributed by atoms with E-state index >= 15 is 0 Å². The number of hydrogen-bond donors (Lipinski definition) is 1. The van der Waals surface area contributed by atoms with Gasteiger partial charge in [0.1, 0.15) is 5.82 Å². The molecule has 0 radical (unpaired) electrons. The molecule has 1 rings (SSSR count). The SMILES string of the molecule is CC(C)CN(CC(C)C)c1ncc(CN)cc1Cl. The van der Waals surface area contributed by atoms with Crippen molar-refractivity contribution in [2.75, 3.05) is 18.0 Å². The van der Waals surface area contributed by atoms with Crippen LogP contribution in [0.15, 0.2) is 12.3 Å². The molecule has 0 fully saturated rings. The molecule has 0 aliphatic carbocycles. The van der Waals surface area contributed by atoms with Crippen molar-refractivity contribution in [3.8, 4) is 0 Å². The third-order valence-electron chi connectivity index (χ3n) is 2.58. The van der Waals surface area contributed by atoms with Crippen molar-refractivity contribution in [1.82, 2.24) is 4.98 Å². The van der Waals surface area contributed by atoms with Crippen molar-refractivity contribution in [2.45, 2.75) is 34.2 Å². The van der Waals surface area contributed by atoms with E-state index in [1.807, 2.05) is 12.3 Å². The number of nitrogens with two attached hydrogens (primary N) is 1. The lowest BCUT2D eigenvalue weighted by Crippen LogP contribution is -2.32. The summed E-state index contributed by atoms with van der Waals surface area (Å²) in [5.74, 6) is 2.03. The van der Waals surface area contributed by atoms with E-state index < -0.39 is 0 Å². The van der Waals surface area contributed by atoms with E-state index in [1.54, 1.807) is 0 Å². The summed E-state index contributed by atoms with van der Waals surface area (Å²) in [7, 11) is 0. The Morgan fingerprint density at radius 3 is 2.17 bits per heavy atom. The van der Waals surface area contributed by atoms with Gasteiger partial charge < -0.3 is 10.6 Å². The van der Waals surface area contributed by atoms with Crippen LogP contribution in [0.1, 0.15) is 33.3 Å². The molecule has 0 aromatic carbocycles. The summed E-state index contributed by atoms with van der Waals surface area (Å²) in [4.78, 5) is 6.73. The van der Waals surface area contributed by atoms with Crippen molar-refractivity contribution in [3.05, 3.63) is 22.8 Å². The van der Waals surface area contributed by atoms with E-state index in [0.717, 1.165) is 24.5 Å². The van der Waals surface area contributed by atoms with Gasteiger partial charge in [0, 0.05) is 25.8 Å². The Kier molecular flexibility index (Phi) is 5.89. The molecule has 4 heteroatoms. The summed E-state index contributed by atoms with van der Waals surface area (Å²) in [6, 6.07) is 1.91. The van der Waals surface area contributed by atoms with Gasteiger partial charge in [0.25, 0.3) is 0 Å². The molecule has 0 amide bonds. The second kappa shape index (κ2) is 6.95. The maximum Gasteiger partial charge on any atom is 0.147 e. The first-order chi connectivity index (χ1) is 8.43. The minimum absolute atomic E-state index is 0.474. The Morgan fingerprint density at radius 1 is 1.22 bits per heavy atom. The zero-order chi connectivity index (χ0) is 13.7. The second-order valence-corrected chi connectivity index (χ2v) is 5.95. The van der Waals surface area contributed by atoms with Crippen molar-refractivity contribution >= 4 is 17.4 Å². The minimum atomic E-state index is 0.474. The molecule has 0 spiro atoms. The van der Waals surface area contributed by atoms with E-state index in [1.165, 1.54) is 0 Å². The van der Waals surface area contributed by atoms with Crippen molar-refractivity contribution in [1.29, 1.82) is 0 Å². The van der Waals surface area contributed by atoms with Gasteiger partial charge in [-0.15, -0.1) is 0 Å². The molecule has 2 N–H and O–H groups in total. The summed E-state index contributed by atoms with van der Waals surface area (Å²) in [5.41, 5.74) is 6.56. The maximum atomic E-state index is 6.31. The standard InChI is InChI=1S/C14H24ClN3/c1-10(2)8-18(9-11(3)4)14-13(15)5-12(6-16)7-17-14/h5,7,10-11H,6,8-9,16H2,1-4H3. The quantitative estimate of drug-likeness (QED) is 0.862. The maximum absolute atomic E-state index is 6.31. The van der Waals surface area contributed by atoms with Gasteiger partial charge in [-0.3, -0.25) is 0 Å². The number of hydrogen-bond acceptors (Lipinski definition) is 3. The second-order valence-electron chi connectivity index (χ2n) is 5.55. The highest BCUT2D eigenvalue weighted by Gasteiger charge is 2.15. The first-order valence-electron chi connectivity index (χ1n) is 6.53. The molecule has 3 nitrogen and oxygen atoms in total. The van der Waals surface area contributed by atoms with Crippen LogP contribution in [-0.2, 0) is 6.54 Å². The smallest absolute Gasteiger partial charge is 0.147 e. The molecular formula is C14H24ClN3. The summed E-state index contributed by atoms with van der Waals surface area (Å²) in [5, 5.41) is 0.694. The van der Waals surface area contributed by atoms with Gasteiger partial charge in [-0.1, -0.05) is 39.3 Å². The molecule has 0 saturated heterocycles. The Bertz CT molecular complexity index is 367. The fourth-order valence-electron chi connectivity index (χ4n) is 1.94.